The van der Waals surface area contributed by atoms with E-state index < -0.39 is 51.6 Å². The van der Waals surface area contributed by atoms with Crippen molar-refractivity contribution >= 4 is 21.2 Å². The zero-order valence-electron chi connectivity index (χ0n) is 20.3. The van der Waals surface area contributed by atoms with Crippen LogP contribution in [0.2, 0.25) is 0 Å². The van der Waals surface area contributed by atoms with Crippen LogP contribution in [0.5, 0.6) is 11.6 Å². The van der Waals surface area contributed by atoms with Gasteiger partial charge < -0.3 is 28.5 Å². The second-order valence-electron chi connectivity index (χ2n) is 9.29. The molecular weight excluding hydrogens is 560 g/mol. The number of fused-ring (bicyclic) bond motifs is 2. The minimum Gasteiger partial charge on any atom is -0.470 e. The Hall–Kier alpha value is -3.72. The van der Waals surface area contributed by atoms with Crippen LogP contribution in [0.1, 0.15) is 0 Å². The van der Waals surface area contributed by atoms with Crippen LogP contribution in [0.3, 0.4) is 0 Å². The number of aliphatic hydroxyl groups excluding tert-OH is 1. The molecule has 6 rings (SSSR count). The molecule has 0 saturated carbocycles. The fraction of sp³-hybridized carbons (Fsp3) is 0.269. The lowest BCUT2D eigenvalue weighted by atomic mass is 10.0. The van der Waals surface area contributed by atoms with Gasteiger partial charge in [-0.25, -0.2) is 9.37 Å². The molecule has 2 aromatic carbocycles. The summed E-state index contributed by atoms with van der Waals surface area (Å²) in [6.07, 6.45) is -2.00. The monoisotopic (exact) mass is 580 g/mol. The van der Waals surface area contributed by atoms with E-state index >= 15 is 0 Å². The van der Waals surface area contributed by atoms with Crippen molar-refractivity contribution in [1.29, 1.82) is 0 Å². The average Bonchev–Trinajstić information content (AvgIpc) is 3.60. The minimum absolute atomic E-state index is 0.0946. The molecule has 2 fully saturated rings. The van der Waals surface area contributed by atoms with E-state index in [1.807, 2.05) is 0 Å². The number of aliphatic hydroxyl groups is 1. The highest BCUT2D eigenvalue weighted by Crippen LogP contribution is 2.33. The first-order chi connectivity index (χ1) is 19.0. The number of halogens is 4. The Labute approximate surface area is 224 Å². The van der Waals surface area contributed by atoms with Crippen molar-refractivity contribution in [2.24, 2.45) is 0 Å². The van der Waals surface area contributed by atoms with E-state index in [1.165, 1.54) is 18.2 Å². The molecule has 0 aliphatic carbocycles. The van der Waals surface area contributed by atoms with E-state index in [1.54, 1.807) is 30.3 Å². The number of pyridine rings is 1. The molecule has 4 aromatic rings. The predicted molar refractivity (Wildman–Crippen MR) is 132 cm³/mol. The molecule has 2 N–H and O–H groups in total. The second kappa shape index (κ2) is 9.73. The fourth-order valence-electron chi connectivity index (χ4n) is 4.68. The molecule has 2 saturated heterocycles. The molecule has 0 radical (unpaired) electrons. The Morgan fingerprint density at radius 1 is 0.925 bits per heavy atom. The molecule has 1 unspecified atom stereocenters. The van der Waals surface area contributed by atoms with Crippen LogP contribution in [0.25, 0.3) is 33.4 Å². The van der Waals surface area contributed by atoms with Gasteiger partial charge in [-0.3, -0.25) is 0 Å². The summed E-state index contributed by atoms with van der Waals surface area (Å²) in [6.45, 7) is 0.409. The Balaban J connectivity index is 1.18. The van der Waals surface area contributed by atoms with E-state index in [0.717, 1.165) is 12.1 Å². The first-order valence-corrected chi connectivity index (χ1v) is 13.4. The third-order valence-electron chi connectivity index (χ3n) is 6.63. The van der Waals surface area contributed by atoms with E-state index in [9.17, 15) is 31.1 Å². The lowest BCUT2D eigenvalue weighted by Crippen LogP contribution is -2.34. The number of aromatic amines is 1. The number of ether oxygens (including phenoxy) is 3. The first-order valence-electron chi connectivity index (χ1n) is 12.0. The van der Waals surface area contributed by atoms with Crippen molar-refractivity contribution in [3.05, 3.63) is 66.5 Å². The van der Waals surface area contributed by atoms with Gasteiger partial charge >= 0.3 is 15.6 Å². The van der Waals surface area contributed by atoms with Crippen LogP contribution >= 0.6 is 0 Å². The molecule has 0 amide bonds. The topological polar surface area (TPSA) is 120 Å². The van der Waals surface area contributed by atoms with Crippen molar-refractivity contribution in [2.45, 2.75) is 29.9 Å². The molecule has 2 aliphatic heterocycles. The van der Waals surface area contributed by atoms with E-state index in [4.69, 9.17) is 14.2 Å². The fourth-order valence-corrected chi connectivity index (χ4v) is 5.14. The maximum Gasteiger partial charge on any atom is 0.534 e. The minimum atomic E-state index is -5.77. The Morgan fingerprint density at radius 2 is 1.55 bits per heavy atom. The highest BCUT2D eigenvalue weighted by Gasteiger charge is 2.49. The molecule has 0 bridgehead atoms. The number of nitrogens with one attached hydrogen (secondary N) is 1. The predicted octanol–water partition coefficient (Wildman–Crippen LogP) is 4.17. The highest BCUT2D eigenvalue weighted by atomic mass is 32.2. The van der Waals surface area contributed by atoms with Crippen LogP contribution in [0, 0.1) is 5.82 Å². The molecule has 0 spiro atoms. The molecule has 14 heteroatoms. The number of rotatable bonds is 6. The molecule has 4 atom stereocenters. The lowest BCUT2D eigenvalue weighted by Gasteiger charge is -2.16. The summed E-state index contributed by atoms with van der Waals surface area (Å²) in [5.41, 5.74) is -2.87. The maximum atomic E-state index is 15.0. The summed E-state index contributed by atoms with van der Waals surface area (Å²) in [5, 5.41) is 9.90. The molecule has 2 aliphatic rings. The third kappa shape index (κ3) is 4.87. The van der Waals surface area contributed by atoms with E-state index in [0.29, 0.717) is 33.6 Å². The summed E-state index contributed by atoms with van der Waals surface area (Å²) in [4.78, 5) is 7.41. The summed E-state index contributed by atoms with van der Waals surface area (Å²) in [5.74, 6) is -0.711. The van der Waals surface area contributed by atoms with Crippen molar-refractivity contribution < 1.29 is 49.5 Å². The van der Waals surface area contributed by atoms with Crippen molar-refractivity contribution in [1.82, 2.24) is 9.97 Å². The van der Waals surface area contributed by atoms with Crippen LogP contribution < -0.4 is 8.92 Å². The van der Waals surface area contributed by atoms with Gasteiger partial charge in [-0.2, -0.15) is 21.6 Å². The van der Waals surface area contributed by atoms with Gasteiger partial charge in [0.1, 0.15) is 29.8 Å². The highest BCUT2D eigenvalue weighted by molar-refractivity contribution is 7.88. The summed E-state index contributed by atoms with van der Waals surface area (Å²) in [7, 11) is -5.77. The number of benzene rings is 2. The number of H-pyrrole nitrogens is 1. The summed E-state index contributed by atoms with van der Waals surface area (Å²) in [6, 6.07) is 14.5. The third-order valence-corrected chi connectivity index (χ3v) is 7.61. The number of hydrogen-bond acceptors (Lipinski definition) is 8. The summed E-state index contributed by atoms with van der Waals surface area (Å²) >= 11 is 0. The van der Waals surface area contributed by atoms with Gasteiger partial charge in [0.25, 0.3) is 0 Å². The van der Waals surface area contributed by atoms with Crippen molar-refractivity contribution in [2.75, 3.05) is 13.2 Å². The van der Waals surface area contributed by atoms with Crippen LogP contribution in [0.15, 0.2) is 60.7 Å². The van der Waals surface area contributed by atoms with Gasteiger partial charge in [-0.15, -0.1) is 0 Å². The SMILES string of the molecule is O=S(=O)(Oc1ccc(-c2ccc(-c3nc4cc(O[C@@H]5CO[C@@H]6C(O)CO[C@@H]65)[nH]c4cc3F)cc2)cc1)C(F)(F)F. The summed E-state index contributed by atoms with van der Waals surface area (Å²) < 4.78 is 96.1. The van der Waals surface area contributed by atoms with E-state index in [-0.39, 0.29) is 18.9 Å². The van der Waals surface area contributed by atoms with Gasteiger partial charge in [0.2, 0.25) is 0 Å². The lowest BCUT2D eigenvalue weighted by molar-refractivity contribution is -0.0500. The van der Waals surface area contributed by atoms with Gasteiger partial charge in [0.05, 0.1) is 24.2 Å². The molecule has 40 heavy (non-hydrogen) atoms. The largest absolute Gasteiger partial charge is 0.534 e. The molecule has 2 aromatic heterocycles. The molecule has 4 heterocycles. The first kappa shape index (κ1) is 26.5. The number of aromatic nitrogens is 2. The van der Waals surface area contributed by atoms with Gasteiger partial charge in [0.15, 0.2) is 17.8 Å². The maximum absolute atomic E-state index is 15.0. The molecule has 9 nitrogen and oxygen atoms in total. The van der Waals surface area contributed by atoms with Crippen LogP contribution in [-0.4, -0.2) is 66.6 Å². The standard InChI is InChI=1S/C26H20F4N2O7S/c27-17-9-18-19(10-22(31-18)38-21-12-37-24-20(33)11-36-25(21)24)32-23(17)15-3-1-13(2-4-15)14-5-7-16(8-6-14)39-40(34,35)26(28,29)30/h1-10,20-21,24-25,31,33H,11-12H2/t20?,21-,24-,25-/m1/s1. The van der Waals surface area contributed by atoms with Gasteiger partial charge in [0, 0.05) is 17.7 Å². The number of nitrogens with zero attached hydrogens (tertiary/aromatic N) is 1. The van der Waals surface area contributed by atoms with Gasteiger partial charge in [-0.05, 0) is 23.3 Å². The van der Waals surface area contributed by atoms with Crippen molar-refractivity contribution in [3.8, 4) is 34.0 Å². The second-order valence-corrected chi connectivity index (χ2v) is 10.8. The van der Waals surface area contributed by atoms with Crippen LogP contribution in [0.4, 0.5) is 17.6 Å². The Morgan fingerprint density at radius 3 is 2.23 bits per heavy atom. The number of hydrogen-bond donors (Lipinski definition) is 2. The average molecular weight is 581 g/mol. The van der Waals surface area contributed by atoms with E-state index in [2.05, 4.69) is 14.2 Å². The smallest absolute Gasteiger partial charge is 0.470 e. The Kier molecular flexibility index (Phi) is 6.45. The van der Waals surface area contributed by atoms with Gasteiger partial charge in [-0.1, -0.05) is 36.4 Å². The normalized spacial score (nSPS) is 22.9. The zero-order chi connectivity index (χ0) is 28.2. The van der Waals surface area contributed by atoms with Crippen LogP contribution in [-0.2, 0) is 19.6 Å². The quantitative estimate of drug-likeness (QED) is 0.198. The molecule has 210 valence electrons. The van der Waals surface area contributed by atoms with Crippen molar-refractivity contribution in [3.63, 3.8) is 0 Å². The Bertz CT molecular complexity index is 1660. The molecular formula is C26H20F4N2O7S. The zero-order valence-corrected chi connectivity index (χ0v) is 21.1. The number of alkyl halides is 3.